The van der Waals surface area contributed by atoms with Gasteiger partial charge >= 0.3 is 0 Å². The minimum absolute atomic E-state index is 0.332. The largest absolute Gasteiger partial charge is 0.269 e. The van der Waals surface area contributed by atoms with Gasteiger partial charge in [-0.25, -0.2) is 0 Å². The highest BCUT2D eigenvalue weighted by Gasteiger charge is 2.30. The fourth-order valence-electron chi connectivity index (χ4n) is 2.03. The number of aliphatic imine (C=N–C) groups is 1. The lowest BCUT2D eigenvalue weighted by Gasteiger charge is -2.21. The molecule has 2 aliphatic rings. The second-order valence-corrected chi connectivity index (χ2v) is 5.03. The zero-order chi connectivity index (χ0) is 9.47. The fraction of sp³-hybridized carbons (Fsp3) is 0.583. The smallest absolute Gasteiger partial charge is 0.0227 e. The Morgan fingerprint density at radius 2 is 2.15 bits per heavy atom. The van der Waals surface area contributed by atoms with Crippen molar-refractivity contribution in [3.05, 3.63) is 23.9 Å². The maximum Gasteiger partial charge on any atom is 0.0227 e. The van der Waals surface area contributed by atoms with E-state index < -0.39 is 0 Å². The summed E-state index contributed by atoms with van der Waals surface area (Å²) in [7, 11) is 0. The lowest BCUT2D eigenvalue weighted by atomic mass is 9.85. The van der Waals surface area contributed by atoms with Crippen molar-refractivity contribution < 1.29 is 0 Å². The fourth-order valence-corrected chi connectivity index (χ4v) is 2.03. The summed E-state index contributed by atoms with van der Waals surface area (Å²) in [4.78, 5) is 4.19. The average molecular weight is 175 g/mol. The van der Waals surface area contributed by atoms with Crippen molar-refractivity contribution in [2.45, 2.75) is 27.2 Å². The molecule has 0 fully saturated rings. The number of hydrogen-bond donors (Lipinski definition) is 0. The summed E-state index contributed by atoms with van der Waals surface area (Å²) in [5.41, 5.74) is 1.92. The molecule has 0 saturated carbocycles. The molecule has 1 heteroatoms. The Labute approximate surface area is 80.3 Å². The summed E-state index contributed by atoms with van der Waals surface area (Å²) < 4.78 is 0. The predicted octanol–water partition coefficient (Wildman–Crippen LogP) is 3.19. The molecule has 1 aliphatic heterocycles. The molecule has 2 rings (SSSR count). The van der Waals surface area contributed by atoms with Gasteiger partial charge in [0.25, 0.3) is 0 Å². The van der Waals surface area contributed by atoms with Crippen molar-refractivity contribution in [3.63, 3.8) is 0 Å². The van der Waals surface area contributed by atoms with Gasteiger partial charge in [-0.05, 0) is 17.8 Å². The number of hydrogen-bond acceptors (Lipinski definition) is 1. The molecule has 0 N–H and O–H groups in total. The van der Waals surface area contributed by atoms with E-state index in [1.807, 2.05) is 6.20 Å². The van der Waals surface area contributed by atoms with Crippen molar-refractivity contribution >= 4 is 6.21 Å². The van der Waals surface area contributed by atoms with Gasteiger partial charge in [-0.2, -0.15) is 0 Å². The van der Waals surface area contributed by atoms with Crippen LogP contribution >= 0.6 is 0 Å². The number of nitrogens with zero attached hydrogens (tertiary/aromatic N) is 1. The lowest BCUT2D eigenvalue weighted by molar-refractivity contribution is 0.474. The molecule has 0 spiro atoms. The molecule has 0 amide bonds. The van der Waals surface area contributed by atoms with Crippen molar-refractivity contribution in [1.82, 2.24) is 0 Å². The standard InChI is InChI=1S/C12H17N/c1-12(2,3)11-6-9-4-5-13-8-10(9)7-11/h4-5,7-10H,6H2,1-3H3. The average Bonchev–Trinajstić information content (AvgIpc) is 2.45. The molecule has 0 radical (unpaired) electrons. The highest BCUT2D eigenvalue weighted by atomic mass is 14.7. The van der Waals surface area contributed by atoms with E-state index in [0.29, 0.717) is 17.3 Å². The molecule has 0 aromatic heterocycles. The third-order valence-electron chi connectivity index (χ3n) is 2.98. The molecular formula is C12H17N. The molecule has 2 atom stereocenters. The van der Waals surface area contributed by atoms with Crippen LogP contribution in [0.5, 0.6) is 0 Å². The van der Waals surface area contributed by atoms with Gasteiger partial charge in [0, 0.05) is 18.3 Å². The lowest BCUT2D eigenvalue weighted by Crippen LogP contribution is -2.10. The molecule has 1 aliphatic carbocycles. The van der Waals surface area contributed by atoms with E-state index in [2.05, 4.69) is 44.1 Å². The quantitative estimate of drug-likeness (QED) is 0.501. The van der Waals surface area contributed by atoms with Gasteiger partial charge in [0.05, 0.1) is 0 Å². The first kappa shape index (κ1) is 8.74. The van der Waals surface area contributed by atoms with Crippen LogP contribution in [0.25, 0.3) is 0 Å². The van der Waals surface area contributed by atoms with Crippen LogP contribution in [0.2, 0.25) is 0 Å². The number of fused-ring (bicyclic) bond motifs is 1. The molecule has 0 aromatic carbocycles. The van der Waals surface area contributed by atoms with Crippen LogP contribution in [0.4, 0.5) is 0 Å². The molecule has 13 heavy (non-hydrogen) atoms. The second-order valence-electron chi connectivity index (χ2n) is 5.03. The maximum atomic E-state index is 4.19. The topological polar surface area (TPSA) is 12.4 Å². The van der Waals surface area contributed by atoms with Gasteiger partial charge in [-0.3, -0.25) is 4.99 Å². The van der Waals surface area contributed by atoms with E-state index >= 15 is 0 Å². The minimum atomic E-state index is 0.332. The summed E-state index contributed by atoms with van der Waals surface area (Å²) in [5.74, 6) is 1.26. The van der Waals surface area contributed by atoms with E-state index in [4.69, 9.17) is 0 Å². The zero-order valence-corrected chi connectivity index (χ0v) is 8.62. The third-order valence-corrected chi connectivity index (χ3v) is 2.98. The molecule has 0 aromatic rings. The SMILES string of the molecule is CC(C)(C)C1=CC2C=NC=CC2C1. The Morgan fingerprint density at radius 1 is 1.38 bits per heavy atom. The Bertz CT molecular complexity index is 289. The second kappa shape index (κ2) is 2.83. The summed E-state index contributed by atoms with van der Waals surface area (Å²) in [6.07, 6.45) is 9.86. The third kappa shape index (κ3) is 1.60. The van der Waals surface area contributed by atoms with Crippen LogP contribution in [0.15, 0.2) is 28.9 Å². The van der Waals surface area contributed by atoms with Crippen LogP contribution in [-0.4, -0.2) is 6.21 Å². The van der Waals surface area contributed by atoms with Gasteiger partial charge in [-0.15, -0.1) is 0 Å². The van der Waals surface area contributed by atoms with Crippen LogP contribution in [0, 0.1) is 17.3 Å². The Kier molecular flexibility index (Phi) is 1.90. The molecule has 70 valence electrons. The highest BCUT2D eigenvalue weighted by Crippen LogP contribution is 2.40. The van der Waals surface area contributed by atoms with Crippen LogP contribution in [-0.2, 0) is 0 Å². The number of rotatable bonds is 0. The van der Waals surface area contributed by atoms with Crippen molar-refractivity contribution in [2.75, 3.05) is 0 Å². The summed E-state index contributed by atoms with van der Waals surface area (Å²) >= 11 is 0. The molecule has 1 heterocycles. The summed E-state index contributed by atoms with van der Waals surface area (Å²) in [6.45, 7) is 6.87. The first-order valence-corrected chi connectivity index (χ1v) is 4.98. The zero-order valence-electron chi connectivity index (χ0n) is 8.62. The predicted molar refractivity (Wildman–Crippen MR) is 56.8 cm³/mol. The molecule has 2 unspecified atom stereocenters. The van der Waals surface area contributed by atoms with E-state index in [-0.39, 0.29) is 0 Å². The first-order valence-electron chi connectivity index (χ1n) is 4.98. The van der Waals surface area contributed by atoms with Gasteiger partial charge in [0.15, 0.2) is 0 Å². The van der Waals surface area contributed by atoms with E-state index in [9.17, 15) is 0 Å². The monoisotopic (exact) mass is 175 g/mol. The Balaban J connectivity index is 2.20. The molecule has 0 bridgehead atoms. The maximum absolute atomic E-state index is 4.19. The van der Waals surface area contributed by atoms with E-state index in [0.717, 1.165) is 0 Å². The van der Waals surface area contributed by atoms with Crippen molar-refractivity contribution in [1.29, 1.82) is 0 Å². The van der Waals surface area contributed by atoms with Crippen LogP contribution < -0.4 is 0 Å². The highest BCUT2D eigenvalue weighted by molar-refractivity contribution is 5.68. The van der Waals surface area contributed by atoms with Crippen molar-refractivity contribution in [3.8, 4) is 0 Å². The van der Waals surface area contributed by atoms with Gasteiger partial charge in [0.2, 0.25) is 0 Å². The minimum Gasteiger partial charge on any atom is -0.269 e. The van der Waals surface area contributed by atoms with Crippen LogP contribution in [0.3, 0.4) is 0 Å². The van der Waals surface area contributed by atoms with Crippen molar-refractivity contribution in [2.24, 2.45) is 22.2 Å². The Morgan fingerprint density at radius 3 is 2.77 bits per heavy atom. The van der Waals surface area contributed by atoms with E-state index in [1.54, 1.807) is 5.57 Å². The van der Waals surface area contributed by atoms with Gasteiger partial charge in [-0.1, -0.05) is 38.5 Å². The van der Waals surface area contributed by atoms with Gasteiger partial charge < -0.3 is 0 Å². The summed E-state index contributed by atoms with van der Waals surface area (Å²) in [6, 6.07) is 0. The molecule has 0 saturated heterocycles. The molecule has 1 nitrogen and oxygen atoms in total. The first-order chi connectivity index (χ1) is 6.07. The molecular weight excluding hydrogens is 158 g/mol. The summed E-state index contributed by atoms with van der Waals surface area (Å²) in [5, 5.41) is 0. The normalized spacial score (nSPS) is 31.8. The van der Waals surface area contributed by atoms with E-state index in [1.165, 1.54) is 6.42 Å². The van der Waals surface area contributed by atoms with Gasteiger partial charge in [0.1, 0.15) is 0 Å². The Hall–Kier alpha value is -0.850. The van der Waals surface area contributed by atoms with Crippen LogP contribution in [0.1, 0.15) is 27.2 Å². The number of allylic oxidation sites excluding steroid dienone is 3.